The van der Waals surface area contributed by atoms with Crippen molar-refractivity contribution in [3.05, 3.63) is 77.5 Å². The molecule has 2 heterocycles. The molecule has 0 aliphatic heterocycles. The molecule has 162 valence electrons. The molecule has 7 heteroatoms. The fraction of sp³-hybridized carbons (Fsp3) is 0.208. The normalized spacial score (nSPS) is 11.5. The van der Waals surface area contributed by atoms with Crippen LogP contribution in [0.4, 0.5) is 5.69 Å². The van der Waals surface area contributed by atoms with Crippen LogP contribution < -0.4 is 0 Å². The van der Waals surface area contributed by atoms with Gasteiger partial charge in [0, 0.05) is 0 Å². The van der Waals surface area contributed by atoms with Crippen LogP contribution in [0.5, 0.6) is 0 Å². The summed E-state index contributed by atoms with van der Waals surface area (Å²) in [6.07, 6.45) is 1.91. The molecule has 0 aliphatic rings. The van der Waals surface area contributed by atoms with Crippen molar-refractivity contribution in [3.63, 3.8) is 0 Å². The molecular formula is C24H23Cl2FeN3O. The molecule has 4 nitrogen and oxygen atoms in total. The van der Waals surface area contributed by atoms with Gasteiger partial charge in [-0.2, -0.15) is 0 Å². The molecule has 0 N–H and O–H groups in total. The Morgan fingerprint density at radius 1 is 0.903 bits per heavy atom. The first-order chi connectivity index (χ1) is 15.1. The first kappa shape index (κ1) is 23.5. The average molecular weight is 496 g/mol. The van der Waals surface area contributed by atoms with E-state index in [0.29, 0.717) is 11.6 Å². The standard InChI is InChI=1S/C24H23N3O.2ClH.Fe/c1-4-17-10-8-11-18(5-2)23(17)25-16(3)19-13-9-14-21(26-19)24-27-20-12-6-7-15-22(20)28-24;;;/h6-15H,4-5H2,1-3H3;2*1H;/q;;;+2/p-2. The molecule has 0 aliphatic carbocycles. The number of halogens is 2. The monoisotopic (exact) mass is 495 g/mol. The summed E-state index contributed by atoms with van der Waals surface area (Å²) in [6, 6.07) is 20.0. The molecule has 0 saturated carbocycles. The molecule has 0 radical (unpaired) electrons. The number of benzene rings is 2. The number of nitrogens with zero attached hydrogens (tertiary/aromatic N) is 3. The summed E-state index contributed by atoms with van der Waals surface area (Å²) >= 11 is 0.194. The summed E-state index contributed by atoms with van der Waals surface area (Å²) < 4.78 is 5.87. The second-order valence-corrected chi connectivity index (χ2v) is 8.60. The summed E-state index contributed by atoms with van der Waals surface area (Å²) in [6.45, 7) is 6.33. The van der Waals surface area contributed by atoms with Gasteiger partial charge >= 0.3 is 33.3 Å². The fourth-order valence-corrected chi connectivity index (χ4v) is 3.32. The first-order valence-corrected chi connectivity index (χ1v) is 13.0. The van der Waals surface area contributed by atoms with E-state index in [-0.39, 0.29) is 13.1 Å². The van der Waals surface area contributed by atoms with Gasteiger partial charge in [-0.25, -0.2) is 9.97 Å². The molecule has 0 spiro atoms. The molecule has 0 atom stereocenters. The zero-order valence-electron chi connectivity index (χ0n) is 17.5. The summed E-state index contributed by atoms with van der Waals surface area (Å²) in [5.41, 5.74) is 7.60. The van der Waals surface area contributed by atoms with E-state index in [4.69, 9.17) is 34.6 Å². The van der Waals surface area contributed by atoms with Gasteiger partial charge in [0.15, 0.2) is 5.58 Å². The summed E-state index contributed by atoms with van der Waals surface area (Å²) in [4.78, 5) is 14.3. The quantitative estimate of drug-likeness (QED) is 0.212. The van der Waals surface area contributed by atoms with Crippen molar-refractivity contribution in [2.75, 3.05) is 0 Å². The molecule has 0 bridgehead atoms. The minimum atomic E-state index is 0.194. The number of oxazole rings is 1. The van der Waals surface area contributed by atoms with Crippen LogP contribution in [0.15, 0.2) is 70.1 Å². The average Bonchev–Trinajstić information content (AvgIpc) is 3.24. The molecule has 0 saturated heterocycles. The molecule has 31 heavy (non-hydrogen) atoms. The van der Waals surface area contributed by atoms with E-state index in [1.807, 2.05) is 49.4 Å². The topological polar surface area (TPSA) is 51.3 Å². The van der Waals surface area contributed by atoms with Crippen molar-refractivity contribution in [1.82, 2.24) is 9.97 Å². The Bertz CT molecular complexity index is 1140. The molecule has 2 aromatic heterocycles. The van der Waals surface area contributed by atoms with Crippen LogP contribution in [-0.4, -0.2) is 15.7 Å². The number of aryl methyl sites for hydroxylation is 2. The van der Waals surface area contributed by atoms with Crippen molar-refractivity contribution in [2.24, 2.45) is 4.99 Å². The van der Waals surface area contributed by atoms with E-state index in [2.05, 4.69) is 37.0 Å². The van der Waals surface area contributed by atoms with Gasteiger partial charge in [0.25, 0.3) is 0 Å². The minimum absolute atomic E-state index is 0.194. The van der Waals surface area contributed by atoms with Crippen LogP contribution in [0.2, 0.25) is 0 Å². The Morgan fingerprint density at radius 2 is 1.55 bits per heavy atom. The number of rotatable bonds is 5. The van der Waals surface area contributed by atoms with Gasteiger partial charge in [-0.3, -0.25) is 4.99 Å². The van der Waals surface area contributed by atoms with Crippen LogP contribution >= 0.6 is 20.2 Å². The predicted molar refractivity (Wildman–Crippen MR) is 126 cm³/mol. The first-order valence-electron chi connectivity index (χ1n) is 9.95. The molecule has 4 rings (SSSR count). The van der Waals surface area contributed by atoms with Crippen LogP contribution in [0.3, 0.4) is 0 Å². The van der Waals surface area contributed by atoms with Gasteiger partial charge in [0.05, 0.1) is 17.1 Å². The number of hydrogen-bond acceptors (Lipinski definition) is 4. The molecule has 0 amide bonds. The van der Waals surface area contributed by atoms with Gasteiger partial charge in [-0.15, -0.1) is 0 Å². The predicted octanol–water partition coefficient (Wildman–Crippen LogP) is 7.53. The van der Waals surface area contributed by atoms with E-state index >= 15 is 0 Å². The van der Waals surface area contributed by atoms with Gasteiger partial charge in [-0.05, 0) is 55.2 Å². The zero-order valence-corrected chi connectivity index (χ0v) is 20.2. The number of aromatic nitrogens is 2. The van der Waals surface area contributed by atoms with Crippen LogP contribution in [0.25, 0.3) is 22.7 Å². The van der Waals surface area contributed by atoms with Crippen molar-refractivity contribution in [1.29, 1.82) is 0 Å². The summed E-state index contributed by atoms with van der Waals surface area (Å²) in [5.74, 6) is 0.527. The summed E-state index contributed by atoms with van der Waals surface area (Å²) in [7, 11) is 9.53. The fourth-order valence-electron chi connectivity index (χ4n) is 3.32. The van der Waals surface area contributed by atoms with Crippen molar-refractivity contribution >= 4 is 42.7 Å². The Morgan fingerprint density at radius 3 is 2.19 bits per heavy atom. The van der Waals surface area contributed by atoms with Crippen molar-refractivity contribution in [2.45, 2.75) is 33.6 Å². The van der Waals surface area contributed by atoms with Gasteiger partial charge in [-0.1, -0.05) is 50.2 Å². The van der Waals surface area contributed by atoms with E-state index in [0.717, 1.165) is 41.0 Å². The third kappa shape index (κ3) is 5.75. The second-order valence-electron chi connectivity index (χ2n) is 6.77. The zero-order chi connectivity index (χ0) is 22.2. The van der Waals surface area contributed by atoms with Gasteiger partial charge in [0.1, 0.15) is 11.2 Å². The molecular weight excluding hydrogens is 473 g/mol. The number of hydrogen-bond donors (Lipinski definition) is 0. The number of para-hydroxylation sites is 3. The molecule has 4 aromatic rings. The molecule has 0 unspecified atom stereocenters. The molecule has 2 aromatic carbocycles. The SMILES string of the molecule is CCc1cccc(CC)c1N=C(C)c1cccc(-c2nc3ccccc3o2)n1.[Cl][Fe][Cl]. The number of pyridine rings is 1. The maximum atomic E-state index is 5.87. The maximum absolute atomic E-state index is 5.87. The van der Waals surface area contributed by atoms with E-state index in [9.17, 15) is 0 Å². The second kappa shape index (κ2) is 11.4. The van der Waals surface area contributed by atoms with Crippen LogP contribution in [0.1, 0.15) is 37.6 Å². The van der Waals surface area contributed by atoms with Crippen molar-refractivity contribution in [3.8, 4) is 11.6 Å². The van der Waals surface area contributed by atoms with Crippen LogP contribution in [0, 0.1) is 0 Å². The Balaban J connectivity index is 0.000000858. The number of fused-ring (bicyclic) bond motifs is 1. The van der Waals surface area contributed by atoms with E-state index < -0.39 is 0 Å². The van der Waals surface area contributed by atoms with Crippen molar-refractivity contribution < 1.29 is 17.6 Å². The third-order valence-electron chi connectivity index (χ3n) is 4.88. The van der Waals surface area contributed by atoms with Gasteiger partial charge in [0.2, 0.25) is 5.89 Å². The van der Waals surface area contributed by atoms with Crippen LogP contribution in [-0.2, 0) is 26.0 Å². The molecule has 0 fully saturated rings. The Labute approximate surface area is 197 Å². The van der Waals surface area contributed by atoms with E-state index in [1.165, 1.54) is 11.1 Å². The Kier molecular flexibility index (Phi) is 8.68. The number of aliphatic imine (C=N–C) groups is 1. The Hall–Kier alpha value is -2.17. The van der Waals surface area contributed by atoms with Gasteiger partial charge < -0.3 is 4.42 Å². The van der Waals surface area contributed by atoms with E-state index in [1.54, 1.807) is 0 Å². The third-order valence-corrected chi connectivity index (χ3v) is 4.88. The summed E-state index contributed by atoms with van der Waals surface area (Å²) in [5, 5.41) is 0.